The van der Waals surface area contributed by atoms with Crippen molar-refractivity contribution in [1.82, 2.24) is 4.98 Å². The van der Waals surface area contributed by atoms with E-state index >= 15 is 0 Å². The second-order valence-electron chi connectivity index (χ2n) is 3.24. The van der Waals surface area contributed by atoms with Crippen LogP contribution in [-0.4, -0.2) is 16.7 Å². The Hall–Kier alpha value is -1.15. The highest BCUT2D eigenvalue weighted by Gasteiger charge is 2.25. The number of carbonyl (C=O) groups is 2. The number of aryl methyl sites for hydroxylation is 1. The van der Waals surface area contributed by atoms with Crippen molar-refractivity contribution in [3.63, 3.8) is 0 Å². The van der Waals surface area contributed by atoms with Crippen molar-refractivity contribution in [3.8, 4) is 0 Å². The van der Waals surface area contributed by atoms with E-state index in [4.69, 9.17) is 0 Å². The van der Waals surface area contributed by atoms with Gasteiger partial charge in [0, 0.05) is 18.3 Å². The molecule has 1 N–H and O–H groups in total. The summed E-state index contributed by atoms with van der Waals surface area (Å²) >= 11 is 0. The van der Waals surface area contributed by atoms with Crippen LogP contribution < -0.4 is 0 Å². The monoisotopic (exact) mass is 211 g/mol. The lowest BCUT2D eigenvalue weighted by molar-refractivity contribution is 0.0759. The Morgan fingerprint density at radius 3 is 3.00 bits per heavy atom. The van der Waals surface area contributed by atoms with Gasteiger partial charge in [0.1, 0.15) is 0 Å². The van der Waals surface area contributed by atoms with Crippen molar-refractivity contribution in [3.05, 3.63) is 23.0 Å². The number of rotatable bonds is 1. The molecule has 0 radical (unpaired) electrons. The summed E-state index contributed by atoms with van der Waals surface area (Å²) in [6.45, 7) is 0. The lowest BCUT2D eigenvalue weighted by Crippen LogP contribution is -2.13. The number of ketones is 1. The minimum absolute atomic E-state index is 0.0258. The largest absolute Gasteiger partial charge is 0.448 e. The van der Waals surface area contributed by atoms with Gasteiger partial charge >= 0.3 is 5.97 Å². The highest BCUT2D eigenvalue weighted by molar-refractivity contribution is 7.10. The van der Waals surface area contributed by atoms with Crippen LogP contribution in [0.4, 0.5) is 0 Å². The Kier molecular flexibility index (Phi) is 2.38. The molecular weight excluding hydrogens is 201 g/mol. The van der Waals surface area contributed by atoms with Gasteiger partial charge in [-0.1, -0.05) is 0 Å². The molecule has 14 heavy (non-hydrogen) atoms. The fourth-order valence-corrected chi connectivity index (χ4v) is 1.88. The van der Waals surface area contributed by atoms with Crippen LogP contribution in [0.15, 0.2) is 6.20 Å². The fourth-order valence-electron chi connectivity index (χ4n) is 1.76. The van der Waals surface area contributed by atoms with Gasteiger partial charge in [0.2, 0.25) is 0 Å². The van der Waals surface area contributed by atoms with Gasteiger partial charge in [-0.2, -0.15) is 0 Å². The van der Waals surface area contributed by atoms with Crippen molar-refractivity contribution in [2.75, 3.05) is 0 Å². The molecule has 1 unspecified atom stereocenters. The molecule has 0 fully saturated rings. The Balaban J connectivity index is 2.48. The van der Waals surface area contributed by atoms with Crippen LogP contribution >= 0.6 is 9.47 Å². The number of nitrogens with one attached hydrogen (secondary N) is 1. The van der Waals surface area contributed by atoms with Gasteiger partial charge in [-0.3, -0.25) is 4.79 Å². The van der Waals surface area contributed by atoms with E-state index in [1.807, 2.05) is 9.47 Å². The molecule has 0 aliphatic heterocycles. The summed E-state index contributed by atoms with van der Waals surface area (Å²) in [7, 11) is 1.89. The number of Topliss-reactive ketones (excluding diaryl/α,β-unsaturated/α-hetero) is 1. The molecule has 5 heteroatoms. The highest BCUT2D eigenvalue weighted by Crippen LogP contribution is 2.24. The number of H-pyrrole nitrogens is 1. The molecule has 0 aromatic carbocycles. The fraction of sp³-hybridized carbons (Fsp3) is 0.333. The second-order valence-corrected chi connectivity index (χ2v) is 3.47. The first kappa shape index (κ1) is 9.41. The van der Waals surface area contributed by atoms with Crippen LogP contribution in [0.2, 0.25) is 0 Å². The Bertz CT molecular complexity index is 397. The van der Waals surface area contributed by atoms with E-state index in [9.17, 15) is 9.59 Å². The van der Waals surface area contributed by atoms with Crippen molar-refractivity contribution in [2.45, 2.75) is 19.3 Å². The predicted molar refractivity (Wildman–Crippen MR) is 53.2 cm³/mol. The summed E-state index contributed by atoms with van der Waals surface area (Å²) < 4.78 is 4.51. The minimum atomic E-state index is -0.484. The van der Waals surface area contributed by atoms with Gasteiger partial charge in [-0.05, 0) is 12.8 Å². The maximum absolute atomic E-state index is 11.6. The average molecular weight is 211 g/mol. The normalized spacial score (nSPS) is 15.1. The zero-order valence-electron chi connectivity index (χ0n) is 7.50. The van der Waals surface area contributed by atoms with Crippen LogP contribution in [0.25, 0.3) is 0 Å². The molecule has 1 aromatic rings. The van der Waals surface area contributed by atoms with Crippen molar-refractivity contribution in [2.24, 2.45) is 0 Å². The van der Waals surface area contributed by atoms with E-state index in [-0.39, 0.29) is 5.78 Å². The number of hydrogen-bond donors (Lipinski definition) is 1. The van der Waals surface area contributed by atoms with Gasteiger partial charge < -0.3 is 9.51 Å². The third kappa shape index (κ3) is 1.36. The average Bonchev–Trinajstić information content (AvgIpc) is 2.62. The number of aromatic nitrogens is 1. The molecule has 2 rings (SSSR count). The lowest BCUT2D eigenvalue weighted by atomic mass is 9.94. The smallest absolute Gasteiger partial charge is 0.342 e. The first-order valence-electron chi connectivity index (χ1n) is 4.38. The van der Waals surface area contributed by atoms with Crippen molar-refractivity contribution >= 4 is 21.2 Å². The summed E-state index contributed by atoms with van der Waals surface area (Å²) in [5.74, 6) is -0.458. The van der Waals surface area contributed by atoms with Crippen molar-refractivity contribution < 1.29 is 14.1 Å². The molecule has 0 saturated heterocycles. The molecule has 0 spiro atoms. The number of hydrogen-bond acceptors (Lipinski definition) is 3. The molecule has 1 aliphatic carbocycles. The second kappa shape index (κ2) is 3.54. The van der Waals surface area contributed by atoms with Crippen LogP contribution in [0.5, 0.6) is 0 Å². The van der Waals surface area contributed by atoms with Crippen LogP contribution in [-0.2, 0) is 10.9 Å². The summed E-state index contributed by atoms with van der Waals surface area (Å²) in [5, 5.41) is 0. The maximum atomic E-state index is 11.6. The third-order valence-corrected chi connectivity index (χ3v) is 2.61. The number of carbonyl (C=O) groups excluding carboxylic acids is 2. The predicted octanol–water partition coefficient (Wildman–Crippen LogP) is 1.48. The Labute approximate surface area is 83.3 Å². The van der Waals surface area contributed by atoms with Crippen LogP contribution in [0.1, 0.15) is 39.3 Å². The minimum Gasteiger partial charge on any atom is -0.448 e. The van der Waals surface area contributed by atoms with E-state index < -0.39 is 5.97 Å². The Morgan fingerprint density at radius 2 is 2.29 bits per heavy atom. The Morgan fingerprint density at radius 1 is 1.50 bits per heavy atom. The number of fused-ring (bicyclic) bond motifs is 1. The summed E-state index contributed by atoms with van der Waals surface area (Å²) in [6, 6.07) is 0. The van der Waals surface area contributed by atoms with E-state index in [0.717, 1.165) is 18.5 Å². The molecule has 0 saturated carbocycles. The lowest BCUT2D eigenvalue weighted by Gasteiger charge is -2.10. The molecule has 1 heterocycles. The van der Waals surface area contributed by atoms with E-state index in [2.05, 4.69) is 9.51 Å². The molecule has 0 bridgehead atoms. The van der Waals surface area contributed by atoms with Gasteiger partial charge in [0.05, 0.1) is 20.6 Å². The molecule has 1 aromatic heterocycles. The third-order valence-electron chi connectivity index (χ3n) is 2.40. The summed E-state index contributed by atoms with van der Waals surface area (Å²) in [4.78, 5) is 25.8. The molecule has 1 aliphatic rings. The van der Waals surface area contributed by atoms with Crippen LogP contribution in [0, 0.1) is 0 Å². The van der Waals surface area contributed by atoms with E-state index in [1.54, 1.807) is 6.20 Å². The molecule has 74 valence electrons. The van der Waals surface area contributed by atoms with Gasteiger partial charge in [0.15, 0.2) is 5.78 Å². The zero-order valence-corrected chi connectivity index (χ0v) is 8.66. The van der Waals surface area contributed by atoms with Gasteiger partial charge in [-0.25, -0.2) is 4.79 Å². The number of aromatic amines is 1. The molecule has 0 amide bonds. The summed E-state index contributed by atoms with van der Waals surface area (Å²) in [6.07, 6.45) is 3.73. The zero-order chi connectivity index (χ0) is 10.1. The highest BCUT2D eigenvalue weighted by atomic mass is 31.0. The van der Waals surface area contributed by atoms with E-state index in [0.29, 0.717) is 17.5 Å². The topological polar surface area (TPSA) is 59.2 Å². The first-order valence-corrected chi connectivity index (χ1v) is 4.85. The van der Waals surface area contributed by atoms with Crippen LogP contribution in [0.3, 0.4) is 0 Å². The van der Waals surface area contributed by atoms with Gasteiger partial charge in [0.25, 0.3) is 0 Å². The summed E-state index contributed by atoms with van der Waals surface area (Å²) in [5.41, 5.74) is 1.72. The standard InChI is InChI=1S/C9H10NO3P/c11-7-3-1-2-6-8(7)5(4-10-6)9(12)13-14/h4,10H,1-3,14H2. The van der Waals surface area contributed by atoms with Gasteiger partial charge in [-0.15, -0.1) is 0 Å². The molecule has 4 nitrogen and oxygen atoms in total. The molecule has 1 atom stereocenters. The maximum Gasteiger partial charge on any atom is 0.342 e. The first-order chi connectivity index (χ1) is 6.74. The molecular formula is C9H10NO3P. The van der Waals surface area contributed by atoms with E-state index in [1.165, 1.54) is 0 Å². The van der Waals surface area contributed by atoms with Crippen molar-refractivity contribution in [1.29, 1.82) is 0 Å². The SMILES string of the molecule is O=C(OP)c1c[nH]c2c1C(=O)CCC2. The quantitative estimate of drug-likeness (QED) is 0.715.